The van der Waals surface area contributed by atoms with Crippen LogP contribution in [-0.4, -0.2) is 14.8 Å². The van der Waals surface area contributed by atoms with Crippen molar-refractivity contribution >= 4 is 0 Å². The summed E-state index contributed by atoms with van der Waals surface area (Å²) in [6.07, 6.45) is 1.78. The summed E-state index contributed by atoms with van der Waals surface area (Å²) in [7, 11) is 0. The van der Waals surface area contributed by atoms with Gasteiger partial charge in [0.25, 0.3) is 0 Å². The van der Waals surface area contributed by atoms with Crippen LogP contribution in [0.3, 0.4) is 0 Å². The molecule has 0 aliphatic rings. The van der Waals surface area contributed by atoms with Gasteiger partial charge in [0.2, 0.25) is 0 Å². The Morgan fingerprint density at radius 1 is 1.45 bits per heavy atom. The van der Waals surface area contributed by atoms with E-state index >= 15 is 0 Å². The van der Waals surface area contributed by atoms with Gasteiger partial charge in [-0.2, -0.15) is 5.10 Å². The van der Waals surface area contributed by atoms with Crippen LogP contribution in [0.4, 0.5) is 0 Å². The number of hydrogen-bond donors (Lipinski definition) is 0. The zero-order valence-corrected chi connectivity index (χ0v) is 7.63. The molecule has 1 heterocycles. The van der Waals surface area contributed by atoms with Crippen LogP contribution in [0.2, 0.25) is 0 Å². The van der Waals surface area contributed by atoms with Crippen LogP contribution in [0.5, 0.6) is 0 Å². The molecule has 0 unspecified atom stereocenters. The van der Waals surface area contributed by atoms with Crippen LogP contribution >= 0.6 is 0 Å². The maximum absolute atomic E-state index is 4.20. The highest BCUT2D eigenvalue weighted by Crippen LogP contribution is 2.14. The van der Waals surface area contributed by atoms with Crippen LogP contribution < -0.4 is 0 Å². The van der Waals surface area contributed by atoms with E-state index in [1.165, 1.54) is 0 Å². The molecule has 0 N–H and O–H groups in total. The molecule has 0 saturated heterocycles. The summed E-state index contributed by atoms with van der Waals surface area (Å²) in [5.41, 5.74) is 0.278. The molecule has 0 aliphatic carbocycles. The predicted molar refractivity (Wildman–Crippen MR) is 44.2 cm³/mol. The second-order valence-electron chi connectivity index (χ2n) is 4.05. The molecule has 0 amide bonds. The van der Waals surface area contributed by atoms with E-state index in [9.17, 15) is 0 Å². The third kappa shape index (κ3) is 2.70. The summed E-state index contributed by atoms with van der Waals surface area (Å²) in [4.78, 5) is 4.05. The first-order chi connectivity index (χ1) is 4.97. The number of aryl methyl sites for hydroxylation is 1. The number of nitrogens with zero attached hydrogens (tertiary/aromatic N) is 3. The molecule has 0 bridgehead atoms. The van der Waals surface area contributed by atoms with Crippen molar-refractivity contribution in [3.05, 3.63) is 12.2 Å². The summed E-state index contributed by atoms with van der Waals surface area (Å²) >= 11 is 0. The third-order valence-corrected chi connectivity index (χ3v) is 1.29. The number of aromatic nitrogens is 3. The fourth-order valence-electron chi connectivity index (χ4n) is 0.950. The summed E-state index contributed by atoms with van der Waals surface area (Å²) < 4.78 is 1.88. The molecule has 0 aromatic carbocycles. The average Bonchev–Trinajstić information content (AvgIpc) is 2.10. The van der Waals surface area contributed by atoms with Crippen molar-refractivity contribution in [1.82, 2.24) is 14.8 Å². The van der Waals surface area contributed by atoms with Gasteiger partial charge in [0.1, 0.15) is 12.2 Å². The van der Waals surface area contributed by atoms with E-state index in [0.717, 1.165) is 12.4 Å². The Labute approximate surface area is 67.4 Å². The minimum Gasteiger partial charge on any atom is -0.252 e. The molecule has 11 heavy (non-hydrogen) atoms. The van der Waals surface area contributed by atoms with Crippen LogP contribution in [0.1, 0.15) is 26.6 Å². The molecule has 0 atom stereocenters. The summed E-state index contributed by atoms with van der Waals surface area (Å²) in [6, 6.07) is 0. The lowest BCUT2D eigenvalue weighted by atomic mass is 9.97. The lowest BCUT2D eigenvalue weighted by Gasteiger charge is -2.16. The molecule has 1 rings (SSSR count). The van der Waals surface area contributed by atoms with Crippen LogP contribution in [-0.2, 0) is 6.54 Å². The maximum Gasteiger partial charge on any atom is 0.147 e. The van der Waals surface area contributed by atoms with Crippen molar-refractivity contribution in [2.45, 2.75) is 34.2 Å². The van der Waals surface area contributed by atoms with Gasteiger partial charge in [0.15, 0.2) is 0 Å². The van der Waals surface area contributed by atoms with Crippen molar-refractivity contribution < 1.29 is 0 Å². The van der Waals surface area contributed by atoms with E-state index in [1.54, 1.807) is 6.33 Å². The van der Waals surface area contributed by atoms with Gasteiger partial charge in [-0.15, -0.1) is 0 Å². The van der Waals surface area contributed by atoms with Gasteiger partial charge in [-0.25, -0.2) is 4.98 Å². The van der Waals surface area contributed by atoms with Crippen molar-refractivity contribution in [3.63, 3.8) is 0 Å². The largest absolute Gasteiger partial charge is 0.252 e. The number of hydrogen-bond acceptors (Lipinski definition) is 2. The standard InChI is InChI=1S/C8H15N3/c1-7-9-6-11(10-7)5-8(2,3)4/h6H,5H2,1-4H3. The van der Waals surface area contributed by atoms with E-state index in [1.807, 2.05) is 11.6 Å². The second-order valence-corrected chi connectivity index (χ2v) is 4.05. The first-order valence-corrected chi connectivity index (χ1v) is 3.83. The van der Waals surface area contributed by atoms with Gasteiger partial charge in [0.05, 0.1) is 0 Å². The van der Waals surface area contributed by atoms with Crippen LogP contribution in [0.25, 0.3) is 0 Å². The minimum atomic E-state index is 0.278. The summed E-state index contributed by atoms with van der Waals surface area (Å²) in [6.45, 7) is 9.38. The Balaban J connectivity index is 2.65. The highest BCUT2D eigenvalue weighted by molar-refractivity contribution is 4.76. The Morgan fingerprint density at radius 3 is 2.45 bits per heavy atom. The minimum absolute atomic E-state index is 0.278. The van der Waals surface area contributed by atoms with Crippen LogP contribution in [0, 0.1) is 12.3 Å². The molecule has 62 valence electrons. The molecular formula is C8H15N3. The molecular weight excluding hydrogens is 138 g/mol. The zero-order valence-electron chi connectivity index (χ0n) is 7.63. The average molecular weight is 153 g/mol. The number of rotatable bonds is 1. The molecule has 0 radical (unpaired) electrons. The Bertz CT molecular complexity index is 232. The Kier molecular flexibility index (Phi) is 1.98. The van der Waals surface area contributed by atoms with E-state index in [4.69, 9.17) is 0 Å². The smallest absolute Gasteiger partial charge is 0.147 e. The lowest BCUT2D eigenvalue weighted by molar-refractivity contribution is 0.324. The first kappa shape index (κ1) is 8.24. The van der Waals surface area contributed by atoms with Gasteiger partial charge >= 0.3 is 0 Å². The fourth-order valence-corrected chi connectivity index (χ4v) is 0.950. The van der Waals surface area contributed by atoms with Crippen molar-refractivity contribution in [1.29, 1.82) is 0 Å². The van der Waals surface area contributed by atoms with Gasteiger partial charge in [0, 0.05) is 6.54 Å². The van der Waals surface area contributed by atoms with Crippen molar-refractivity contribution in [2.24, 2.45) is 5.41 Å². The van der Waals surface area contributed by atoms with E-state index in [2.05, 4.69) is 30.9 Å². The Hall–Kier alpha value is -0.860. The molecule has 0 aliphatic heterocycles. The van der Waals surface area contributed by atoms with Crippen LogP contribution in [0.15, 0.2) is 6.33 Å². The Morgan fingerprint density at radius 2 is 2.09 bits per heavy atom. The van der Waals surface area contributed by atoms with E-state index < -0.39 is 0 Å². The summed E-state index contributed by atoms with van der Waals surface area (Å²) in [5, 5.41) is 4.20. The molecule has 3 heteroatoms. The normalized spacial score (nSPS) is 12.0. The van der Waals surface area contributed by atoms with E-state index in [-0.39, 0.29) is 5.41 Å². The predicted octanol–water partition coefficient (Wildman–Crippen LogP) is 1.63. The van der Waals surface area contributed by atoms with Gasteiger partial charge in [-0.3, -0.25) is 4.68 Å². The zero-order chi connectivity index (χ0) is 8.48. The molecule has 0 fully saturated rings. The molecule has 0 saturated carbocycles. The summed E-state index contributed by atoms with van der Waals surface area (Å²) in [5.74, 6) is 0.842. The monoisotopic (exact) mass is 153 g/mol. The second kappa shape index (κ2) is 2.64. The molecule has 1 aromatic rings. The molecule has 1 aromatic heterocycles. The van der Waals surface area contributed by atoms with Gasteiger partial charge in [-0.1, -0.05) is 20.8 Å². The topological polar surface area (TPSA) is 30.7 Å². The SMILES string of the molecule is Cc1ncn(CC(C)(C)C)n1. The quantitative estimate of drug-likeness (QED) is 0.614. The first-order valence-electron chi connectivity index (χ1n) is 3.83. The fraction of sp³-hybridized carbons (Fsp3) is 0.750. The highest BCUT2D eigenvalue weighted by Gasteiger charge is 2.11. The lowest BCUT2D eigenvalue weighted by Crippen LogP contribution is -2.15. The van der Waals surface area contributed by atoms with Crippen molar-refractivity contribution in [3.8, 4) is 0 Å². The molecule has 0 spiro atoms. The van der Waals surface area contributed by atoms with E-state index in [0.29, 0.717) is 0 Å². The van der Waals surface area contributed by atoms with Gasteiger partial charge < -0.3 is 0 Å². The molecule has 3 nitrogen and oxygen atoms in total. The van der Waals surface area contributed by atoms with Gasteiger partial charge in [-0.05, 0) is 12.3 Å². The highest BCUT2D eigenvalue weighted by atomic mass is 15.3. The third-order valence-electron chi connectivity index (χ3n) is 1.29. The maximum atomic E-state index is 4.20. The van der Waals surface area contributed by atoms with Crippen molar-refractivity contribution in [2.75, 3.05) is 0 Å².